The van der Waals surface area contributed by atoms with Gasteiger partial charge >= 0.3 is 0 Å². The molecule has 0 unspecified atom stereocenters. The first-order valence-electron chi connectivity index (χ1n) is 16.8. The topological polar surface area (TPSA) is 65.0 Å². The normalized spacial score (nSPS) is 11.9. The van der Waals surface area contributed by atoms with E-state index < -0.39 is 0 Å². The number of benzene rings is 7. The molecule has 0 spiro atoms. The van der Waals surface area contributed by atoms with Crippen LogP contribution in [0, 0.1) is 0 Å². The average molecular weight is 672 g/mol. The van der Waals surface area contributed by atoms with Crippen molar-refractivity contribution in [3.63, 3.8) is 0 Å². The Balaban J connectivity index is 1.04. The van der Waals surface area contributed by atoms with Crippen molar-refractivity contribution in [1.82, 2.24) is 15.0 Å². The Bertz CT molecular complexity index is 3160. The lowest BCUT2D eigenvalue weighted by molar-refractivity contribution is 0.668. The Morgan fingerprint density at radius 1 is 0.353 bits per heavy atom. The first-order valence-corrected chi connectivity index (χ1v) is 17.7. The number of hydrogen-bond acceptors (Lipinski definition) is 6. The number of fused-ring (bicyclic) bond motifs is 9. The minimum atomic E-state index is 0.549. The van der Waals surface area contributed by atoms with Crippen LogP contribution in [0.4, 0.5) is 0 Å². The van der Waals surface area contributed by atoms with Crippen LogP contribution in [0.5, 0.6) is 0 Å². The molecule has 4 heterocycles. The Morgan fingerprint density at radius 2 is 1.00 bits per heavy atom. The molecule has 238 valence electrons. The van der Waals surface area contributed by atoms with E-state index in [0.29, 0.717) is 17.5 Å². The lowest BCUT2D eigenvalue weighted by Gasteiger charge is -2.09. The van der Waals surface area contributed by atoms with Gasteiger partial charge in [-0.15, -0.1) is 11.3 Å². The molecule has 0 aliphatic rings. The Hall–Kier alpha value is -6.63. The van der Waals surface area contributed by atoms with Crippen LogP contribution >= 0.6 is 11.3 Å². The second kappa shape index (κ2) is 10.9. The Labute approximate surface area is 295 Å². The summed E-state index contributed by atoms with van der Waals surface area (Å²) in [4.78, 5) is 15.0. The molecule has 0 aliphatic carbocycles. The van der Waals surface area contributed by atoms with Gasteiger partial charge in [-0.25, -0.2) is 15.0 Å². The number of furan rings is 2. The highest BCUT2D eigenvalue weighted by Crippen LogP contribution is 2.40. The third kappa shape index (κ3) is 4.50. The fraction of sp³-hybridized carbons (Fsp3) is 0. The summed E-state index contributed by atoms with van der Waals surface area (Å²) in [6, 6.07) is 52.2. The van der Waals surface area contributed by atoms with Crippen molar-refractivity contribution >= 4 is 75.4 Å². The standard InChI is InChI=1S/C45H25N3O2S/c1-2-9-26(10-3-1)43-46-44(48-45(47-43)35-14-8-13-34-30-11-4-6-15-37(30)50-42(34)35)29-18-20-31-36-23-27(19-22-38(36)49-39(31)24-29)28-17-21-33-32-12-5-7-16-40(32)51-41(33)25-28/h1-25H. The molecular formula is C45H25N3O2S. The van der Waals surface area contributed by atoms with Crippen molar-refractivity contribution in [3.05, 3.63) is 152 Å². The van der Waals surface area contributed by atoms with Gasteiger partial charge in [-0.1, -0.05) is 103 Å². The van der Waals surface area contributed by atoms with Gasteiger partial charge in [0.05, 0.1) is 5.56 Å². The summed E-state index contributed by atoms with van der Waals surface area (Å²) in [5.74, 6) is 1.70. The molecule has 0 N–H and O–H groups in total. The molecule has 0 bridgehead atoms. The van der Waals surface area contributed by atoms with Crippen molar-refractivity contribution < 1.29 is 8.83 Å². The van der Waals surface area contributed by atoms with Crippen LogP contribution in [-0.2, 0) is 0 Å². The van der Waals surface area contributed by atoms with E-state index >= 15 is 0 Å². The Kier molecular flexibility index (Phi) is 6.05. The molecule has 7 aromatic carbocycles. The fourth-order valence-corrected chi connectivity index (χ4v) is 8.41. The van der Waals surface area contributed by atoms with Gasteiger partial charge in [-0.05, 0) is 59.7 Å². The summed E-state index contributed by atoms with van der Waals surface area (Å²) in [6.45, 7) is 0. The van der Waals surface area contributed by atoms with Gasteiger partial charge in [-0.2, -0.15) is 0 Å². The van der Waals surface area contributed by atoms with Gasteiger partial charge in [-0.3, -0.25) is 0 Å². The molecule has 0 aliphatic heterocycles. The maximum atomic E-state index is 6.45. The zero-order valence-electron chi connectivity index (χ0n) is 27.0. The second-order valence-electron chi connectivity index (χ2n) is 12.8. The molecule has 0 radical (unpaired) electrons. The van der Waals surface area contributed by atoms with E-state index in [2.05, 4.69) is 84.9 Å². The molecule has 51 heavy (non-hydrogen) atoms. The first-order chi connectivity index (χ1) is 25.2. The average Bonchev–Trinajstić information content (AvgIpc) is 3.88. The third-order valence-corrected chi connectivity index (χ3v) is 10.9. The summed E-state index contributed by atoms with van der Waals surface area (Å²) in [5.41, 5.74) is 8.11. The highest BCUT2D eigenvalue weighted by molar-refractivity contribution is 7.25. The number of hydrogen-bond donors (Lipinski definition) is 0. The van der Waals surface area contributed by atoms with E-state index in [0.717, 1.165) is 66.1 Å². The summed E-state index contributed by atoms with van der Waals surface area (Å²) in [7, 11) is 0. The zero-order chi connectivity index (χ0) is 33.5. The predicted molar refractivity (Wildman–Crippen MR) is 209 cm³/mol. The molecule has 0 saturated heterocycles. The molecular weight excluding hydrogens is 647 g/mol. The monoisotopic (exact) mass is 671 g/mol. The molecule has 11 aromatic rings. The predicted octanol–water partition coefficient (Wildman–Crippen LogP) is 12.7. The molecule has 4 aromatic heterocycles. The third-order valence-electron chi connectivity index (χ3n) is 9.75. The van der Waals surface area contributed by atoms with E-state index in [1.807, 2.05) is 78.1 Å². The van der Waals surface area contributed by atoms with Crippen LogP contribution in [0.1, 0.15) is 0 Å². The van der Waals surface area contributed by atoms with Gasteiger partial charge in [0, 0.05) is 52.8 Å². The first kappa shape index (κ1) is 28.2. The van der Waals surface area contributed by atoms with E-state index in [1.165, 1.54) is 25.7 Å². The second-order valence-corrected chi connectivity index (χ2v) is 13.9. The number of thiophene rings is 1. The van der Waals surface area contributed by atoms with Crippen LogP contribution < -0.4 is 0 Å². The van der Waals surface area contributed by atoms with E-state index in [-0.39, 0.29) is 0 Å². The van der Waals surface area contributed by atoms with Gasteiger partial charge in [0.15, 0.2) is 17.5 Å². The van der Waals surface area contributed by atoms with Crippen molar-refractivity contribution in [2.24, 2.45) is 0 Å². The smallest absolute Gasteiger partial charge is 0.167 e. The van der Waals surface area contributed by atoms with Gasteiger partial charge in [0.25, 0.3) is 0 Å². The Morgan fingerprint density at radius 3 is 1.92 bits per heavy atom. The molecule has 0 saturated carbocycles. The molecule has 0 fully saturated rings. The minimum absolute atomic E-state index is 0.549. The maximum absolute atomic E-state index is 6.45. The molecule has 6 heteroatoms. The van der Waals surface area contributed by atoms with Crippen LogP contribution in [0.15, 0.2) is 160 Å². The fourth-order valence-electron chi connectivity index (χ4n) is 7.27. The quantitative estimate of drug-likeness (QED) is 0.186. The highest BCUT2D eigenvalue weighted by atomic mass is 32.1. The number of rotatable bonds is 4. The van der Waals surface area contributed by atoms with Gasteiger partial charge in [0.2, 0.25) is 0 Å². The van der Waals surface area contributed by atoms with Crippen molar-refractivity contribution in [1.29, 1.82) is 0 Å². The van der Waals surface area contributed by atoms with Crippen LogP contribution in [0.2, 0.25) is 0 Å². The van der Waals surface area contributed by atoms with Crippen molar-refractivity contribution in [2.75, 3.05) is 0 Å². The van der Waals surface area contributed by atoms with Gasteiger partial charge < -0.3 is 8.83 Å². The van der Waals surface area contributed by atoms with E-state index in [9.17, 15) is 0 Å². The molecule has 0 amide bonds. The van der Waals surface area contributed by atoms with Crippen LogP contribution in [0.3, 0.4) is 0 Å². The van der Waals surface area contributed by atoms with Crippen LogP contribution in [-0.4, -0.2) is 15.0 Å². The van der Waals surface area contributed by atoms with E-state index in [1.54, 1.807) is 0 Å². The summed E-state index contributed by atoms with van der Waals surface area (Å²) < 4.78 is 15.4. The zero-order valence-corrected chi connectivity index (χ0v) is 27.8. The summed E-state index contributed by atoms with van der Waals surface area (Å²) in [5, 5.41) is 6.81. The summed E-state index contributed by atoms with van der Waals surface area (Å²) in [6.07, 6.45) is 0. The number of nitrogens with zero attached hydrogens (tertiary/aromatic N) is 3. The van der Waals surface area contributed by atoms with Gasteiger partial charge in [0.1, 0.15) is 22.3 Å². The van der Waals surface area contributed by atoms with E-state index in [4.69, 9.17) is 23.8 Å². The maximum Gasteiger partial charge on any atom is 0.167 e. The lowest BCUT2D eigenvalue weighted by atomic mass is 10.0. The van der Waals surface area contributed by atoms with Crippen molar-refractivity contribution in [2.45, 2.75) is 0 Å². The van der Waals surface area contributed by atoms with Crippen molar-refractivity contribution in [3.8, 4) is 45.3 Å². The lowest BCUT2D eigenvalue weighted by Crippen LogP contribution is -2.00. The largest absolute Gasteiger partial charge is 0.456 e. The highest BCUT2D eigenvalue weighted by Gasteiger charge is 2.19. The molecule has 0 atom stereocenters. The summed E-state index contributed by atoms with van der Waals surface area (Å²) >= 11 is 1.84. The van der Waals surface area contributed by atoms with Crippen LogP contribution in [0.25, 0.3) is 109 Å². The number of aromatic nitrogens is 3. The SMILES string of the molecule is c1ccc(-c2nc(-c3ccc4c(c3)oc3ccc(-c5ccc6c(c5)sc5ccccc56)cc34)nc(-c3cccc4c3oc3ccccc34)n2)cc1. The number of para-hydroxylation sites is 2. The molecule has 5 nitrogen and oxygen atoms in total. The minimum Gasteiger partial charge on any atom is -0.456 e. The molecule has 11 rings (SSSR count).